The van der Waals surface area contributed by atoms with Crippen molar-refractivity contribution in [2.24, 2.45) is 0 Å². The van der Waals surface area contributed by atoms with E-state index in [0.717, 1.165) is 32.5 Å². The third-order valence-electron chi connectivity index (χ3n) is 3.66. The second-order valence-electron chi connectivity index (χ2n) is 5.34. The van der Waals surface area contributed by atoms with E-state index in [1.165, 1.54) is 5.56 Å². The van der Waals surface area contributed by atoms with Crippen LogP contribution in [0.1, 0.15) is 18.4 Å². The van der Waals surface area contributed by atoms with Gasteiger partial charge >= 0.3 is 5.97 Å². The number of benzene rings is 1. The molecule has 4 heteroatoms. The van der Waals surface area contributed by atoms with E-state index < -0.39 is 5.97 Å². The molecule has 0 aliphatic carbocycles. The fourth-order valence-corrected chi connectivity index (χ4v) is 2.80. The van der Waals surface area contributed by atoms with Crippen LogP contribution in [0, 0.1) is 0 Å². The molecule has 0 bridgehead atoms. The lowest BCUT2D eigenvalue weighted by atomic mass is 10.2. The van der Waals surface area contributed by atoms with Crippen molar-refractivity contribution in [1.82, 2.24) is 9.80 Å². The Morgan fingerprint density at radius 1 is 1.42 bits per heavy atom. The summed E-state index contributed by atoms with van der Waals surface area (Å²) >= 11 is 0. The Morgan fingerprint density at radius 3 is 2.84 bits per heavy atom. The van der Waals surface area contributed by atoms with Gasteiger partial charge in [0.1, 0.15) is 0 Å². The van der Waals surface area contributed by atoms with E-state index in [4.69, 9.17) is 5.11 Å². The van der Waals surface area contributed by atoms with Gasteiger partial charge in [-0.25, -0.2) is 0 Å². The zero-order chi connectivity index (χ0) is 13.7. The smallest absolute Gasteiger partial charge is 0.317 e. The first-order valence-electron chi connectivity index (χ1n) is 6.83. The fourth-order valence-electron chi connectivity index (χ4n) is 2.80. The summed E-state index contributed by atoms with van der Waals surface area (Å²) in [5, 5.41) is 8.91. The number of rotatable bonds is 6. The van der Waals surface area contributed by atoms with Crippen LogP contribution in [0.25, 0.3) is 0 Å². The highest BCUT2D eigenvalue weighted by atomic mass is 16.4. The number of nitrogens with zero attached hydrogens (tertiary/aromatic N) is 2. The van der Waals surface area contributed by atoms with Crippen molar-refractivity contribution in [2.75, 3.05) is 26.7 Å². The monoisotopic (exact) mass is 262 g/mol. The van der Waals surface area contributed by atoms with Gasteiger partial charge in [0.25, 0.3) is 0 Å². The summed E-state index contributed by atoms with van der Waals surface area (Å²) in [5.74, 6) is -0.724. The summed E-state index contributed by atoms with van der Waals surface area (Å²) in [4.78, 5) is 15.2. The molecule has 1 aliphatic heterocycles. The topological polar surface area (TPSA) is 43.8 Å². The predicted octanol–water partition coefficient (Wildman–Crippen LogP) is 1.67. The molecular weight excluding hydrogens is 240 g/mol. The maximum atomic E-state index is 10.8. The maximum Gasteiger partial charge on any atom is 0.317 e. The second kappa shape index (κ2) is 6.68. The molecule has 1 aliphatic rings. The van der Waals surface area contributed by atoms with Gasteiger partial charge in [-0.15, -0.1) is 0 Å². The van der Waals surface area contributed by atoms with Gasteiger partial charge in [0.15, 0.2) is 0 Å². The molecule has 0 spiro atoms. The Hall–Kier alpha value is -1.39. The van der Waals surface area contributed by atoms with Crippen LogP contribution in [0.3, 0.4) is 0 Å². The number of carboxylic acids is 1. The summed E-state index contributed by atoms with van der Waals surface area (Å²) in [7, 11) is 2.10. The quantitative estimate of drug-likeness (QED) is 0.847. The molecule has 0 amide bonds. The van der Waals surface area contributed by atoms with Gasteiger partial charge < -0.3 is 10.0 Å². The van der Waals surface area contributed by atoms with Crippen LogP contribution < -0.4 is 0 Å². The number of hydrogen-bond donors (Lipinski definition) is 1. The number of carboxylic acid groups (broad SMARTS) is 1. The molecule has 104 valence electrons. The summed E-state index contributed by atoms with van der Waals surface area (Å²) in [6, 6.07) is 10.8. The van der Waals surface area contributed by atoms with Gasteiger partial charge in [0.2, 0.25) is 0 Å². The number of hydrogen-bond acceptors (Lipinski definition) is 3. The molecule has 1 atom stereocenters. The molecule has 0 aromatic heterocycles. The second-order valence-corrected chi connectivity index (χ2v) is 5.34. The molecule has 0 saturated carbocycles. The first kappa shape index (κ1) is 14.0. The summed E-state index contributed by atoms with van der Waals surface area (Å²) in [5.41, 5.74) is 1.30. The first-order valence-corrected chi connectivity index (χ1v) is 6.83. The summed E-state index contributed by atoms with van der Waals surface area (Å²) < 4.78 is 0. The van der Waals surface area contributed by atoms with Gasteiger partial charge in [-0.1, -0.05) is 30.3 Å². The molecule has 0 unspecified atom stereocenters. The van der Waals surface area contributed by atoms with Crippen LogP contribution in [-0.2, 0) is 11.3 Å². The van der Waals surface area contributed by atoms with Crippen LogP contribution in [0.2, 0.25) is 0 Å². The Bertz CT molecular complexity index is 408. The lowest BCUT2D eigenvalue weighted by Gasteiger charge is -2.27. The van der Waals surface area contributed by atoms with E-state index in [9.17, 15) is 4.79 Å². The fraction of sp³-hybridized carbons (Fsp3) is 0.533. The highest BCUT2D eigenvalue weighted by Crippen LogP contribution is 2.18. The van der Waals surface area contributed by atoms with Gasteiger partial charge in [-0.05, 0) is 32.0 Å². The molecule has 1 aromatic carbocycles. The van der Waals surface area contributed by atoms with E-state index in [1.807, 2.05) is 6.07 Å². The molecule has 1 saturated heterocycles. The molecule has 19 heavy (non-hydrogen) atoms. The van der Waals surface area contributed by atoms with Crippen molar-refractivity contribution in [3.63, 3.8) is 0 Å². The lowest BCUT2D eigenvalue weighted by Crippen LogP contribution is -2.41. The van der Waals surface area contributed by atoms with Crippen molar-refractivity contribution < 1.29 is 9.90 Å². The number of likely N-dealkylation sites (tertiary alicyclic amines) is 1. The van der Waals surface area contributed by atoms with Crippen LogP contribution in [0.15, 0.2) is 30.3 Å². The Balaban J connectivity index is 1.84. The van der Waals surface area contributed by atoms with Crippen LogP contribution in [-0.4, -0.2) is 53.6 Å². The van der Waals surface area contributed by atoms with Crippen molar-refractivity contribution in [3.8, 4) is 0 Å². The lowest BCUT2D eigenvalue weighted by molar-refractivity contribution is -0.138. The Kier molecular flexibility index (Phi) is 4.93. The van der Waals surface area contributed by atoms with E-state index >= 15 is 0 Å². The van der Waals surface area contributed by atoms with Gasteiger partial charge in [0, 0.05) is 19.1 Å². The van der Waals surface area contributed by atoms with Crippen molar-refractivity contribution in [1.29, 1.82) is 0 Å². The molecule has 2 rings (SSSR count). The SMILES string of the molecule is CN(Cc1ccccc1)C[C@H]1CCCN1CC(=O)O. The molecule has 1 N–H and O–H groups in total. The standard InChI is InChI=1S/C15H22N2O2/c1-16(10-13-6-3-2-4-7-13)11-14-8-5-9-17(14)12-15(18)19/h2-4,6-7,14H,5,8-12H2,1H3,(H,18,19)/t14-/m1/s1. The number of likely N-dealkylation sites (N-methyl/N-ethyl adjacent to an activating group) is 1. The normalized spacial score (nSPS) is 20.0. The third-order valence-corrected chi connectivity index (χ3v) is 3.66. The third kappa shape index (κ3) is 4.33. The number of aliphatic carboxylic acids is 1. The minimum absolute atomic E-state index is 0.170. The maximum absolute atomic E-state index is 10.8. The predicted molar refractivity (Wildman–Crippen MR) is 75.0 cm³/mol. The van der Waals surface area contributed by atoms with Crippen molar-refractivity contribution in [2.45, 2.75) is 25.4 Å². The molecule has 1 fully saturated rings. The van der Waals surface area contributed by atoms with Gasteiger partial charge in [-0.3, -0.25) is 9.69 Å². The van der Waals surface area contributed by atoms with Crippen LogP contribution in [0.4, 0.5) is 0 Å². The molecule has 1 aromatic rings. The van der Waals surface area contributed by atoms with Crippen molar-refractivity contribution in [3.05, 3.63) is 35.9 Å². The largest absolute Gasteiger partial charge is 0.480 e. The van der Waals surface area contributed by atoms with E-state index in [0.29, 0.717) is 6.04 Å². The van der Waals surface area contributed by atoms with Gasteiger partial charge in [0.05, 0.1) is 6.54 Å². The van der Waals surface area contributed by atoms with E-state index in [2.05, 4.69) is 41.1 Å². The minimum Gasteiger partial charge on any atom is -0.480 e. The zero-order valence-electron chi connectivity index (χ0n) is 11.5. The average Bonchev–Trinajstić information content (AvgIpc) is 2.77. The first-order chi connectivity index (χ1) is 9.15. The summed E-state index contributed by atoms with van der Waals surface area (Å²) in [6.07, 6.45) is 2.21. The molecule has 4 nitrogen and oxygen atoms in total. The highest BCUT2D eigenvalue weighted by molar-refractivity contribution is 5.69. The van der Waals surface area contributed by atoms with Crippen molar-refractivity contribution >= 4 is 5.97 Å². The molecule has 1 heterocycles. The van der Waals surface area contributed by atoms with E-state index in [1.54, 1.807) is 0 Å². The minimum atomic E-state index is -0.724. The molecular formula is C15H22N2O2. The average molecular weight is 262 g/mol. The summed E-state index contributed by atoms with van der Waals surface area (Å²) in [6.45, 7) is 2.93. The van der Waals surface area contributed by atoms with E-state index in [-0.39, 0.29) is 6.54 Å². The Labute approximate surface area is 114 Å². The van der Waals surface area contributed by atoms with Crippen LogP contribution >= 0.6 is 0 Å². The molecule has 0 radical (unpaired) electrons. The van der Waals surface area contributed by atoms with Gasteiger partial charge in [-0.2, -0.15) is 0 Å². The van der Waals surface area contributed by atoms with Crippen LogP contribution in [0.5, 0.6) is 0 Å². The number of carbonyl (C=O) groups is 1. The Morgan fingerprint density at radius 2 is 2.16 bits per heavy atom. The highest BCUT2D eigenvalue weighted by Gasteiger charge is 2.26. The zero-order valence-corrected chi connectivity index (χ0v) is 11.5.